The summed E-state index contributed by atoms with van der Waals surface area (Å²) >= 11 is 0. The van der Waals surface area contributed by atoms with Crippen LogP contribution < -0.4 is 0 Å². The van der Waals surface area contributed by atoms with Crippen molar-refractivity contribution in [3.8, 4) is 0 Å². The molecule has 1 aliphatic heterocycles. The fourth-order valence-electron chi connectivity index (χ4n) is 2.95. The van der Waals surface area contributed by atoms with E-state index in [1.807, 2.05) is 0 Å². The van der Waals surface area contributed by atoms with E-state index in [0.29, 0.717) is 0 Å². The Balaban J connectivity index is 1.73. The number of rotatable bonds is 5. The van der Waals surface area contributed by atoms with Gasteiger partial charge in [-0.15, -0.1) is 0 Å². The third-order valence-electron chi connectivity index (χ3n) is 4.19. The Morgan fingerprint density at radius 3 is 2.40 bits per heavy atom. The van der Waals surface area contributed by atoms with Crippen LogP contribution in [0.4, 0.5) is 0 Å². The molecule has 0 amide bonds. The van der Waals surface area contributed by atoms with Crippen LogP contribution in [-0.2, 0) is 9.47 Å². The molecule has 0 aromatic heterocycles. The van der Waals surface area contributed by atoms with Gasteiger partial charge < -0.3 is 9.47 Å². The van der Waals surface area contributed by atoms with E-state index in [2.05, 4.69) is 13.8 Å². The van der Waals surface area contributed by atoms with E-state index in [0.717, 1.165) is 37.4 Å². The quantitative estimate of drug-likeness (QED) is 0.696. The number of hydrogen-bond acceptors (Lipinski definition) is 2. The van der Waals surface area contributed by atoms with E-state index >= 15 is 0 Å². The minimum Gasteiger partial charge on any atom is -0.352 e. The zero-order valence-corrected chi connectivity index (χ0v) is 10.1. The molecule has 0 aromatic rings. The first-order valence-electron chi connectivity index (χ1n) is 6.56. The normalized spacial score (nSPS) is 40.4. The van der Waals surface area contributed by atoms with Gasteiger partial charge >= 0.3 is 0 Å². The fourth-order valence-corrected chi connectivity index (χ4v) is 2.95. The lowest BCUT2D eigenvalue weighted by atomic mass is 9.94. The topological polar surface area (TPSA) is 18.5 Å². The summed E-state index contributed by atoms with van der Waals surface area (Å²) in [4.78, 5) is 0. The first kappa shape index (κ1) is 11.4. The van der Waals surface area contributed by atoms with E-state index in [-0.39, 0.29) is 6.29 Å². The maximum atomic E-state index is 5.76. The van der Waals surface area contributed by atoms with E-state index in [4.69, 9.17) is 9.47 Å². The van der Waals surface area contributed by atoms with Gasteiger partial charge in [0.25, 0.3) is 0 Å². The molecule has 88 valence electrons. The Morgan fingerprint density at radius 2 is 1.87 bits per heavy atom. The first-order chi connectivity index (χ1) is 7.33. The maximum Gasteiger partial charge on any atom is 0.159 e. The zero-order valence-electron chi connectivity index (χ0n) is 10.1. The summed E-state index contributed by atoms with van der Waals surface area (Å²) in [5.41, 5.74) is 0. The summed E-state index contributed by atoms with van der Waals surface area (Å²) in [7, 11) is 0. The molecule has 0 radical (unpaired) electrons. The van der Waals surface area contributed by atoms with Crippen LogP contribution >= 0.6 is 0 Å². The van der Waals surface area contributed by atoms with E-state index in [1.54, 1.807) is 0 Å². The smallest absolute Gasteiger partial charge is 0.159 e. The highest BCUT2D eigenvalue weighted by molar-refractivity contribution is 4.82. The zero-order chi connectivity index (χ0) is 10.7. The van der Waals surface area contributed by atoms with Crippen molar-refractivity contribution >= 4 is 0 Å². The van der Waals surface area contributed by atoms with Gasteiger partial charge in [-0.3, -0.25) is 0 Å². The van der Waals surface area contributed by atoms with Gasteiger partial charge in [0.15, 0.2) is 6.29 Å². The molecular formula is C13H24O2. The molecule has 15 heavy (non-hydrogen) atoms. The lowest BCUT2D eigenvalue weighted by molar-refractivity contribution is -0.220. The Bertz CT molecular complexity index is 189. The highest BCUT2D eigenvalue weighted by Crippen LogP contribution is 2.40. The SMILES string of the molecule is CCC1CC(CC)C(COC2CCO2)C1. The Kier molecular flexibility index (Phi) is 4.04. The minimum atomic E-state index is 0.128. The summed E-state index contributed by atoms with van der Waals surface area (Å²) in [5.74, 6) is 2.64. The summed E-state index contributed by atoms with van der Waals surface area (Å²) < 4.78 is 11.1. The third-order valence-corrected chi connectivity index (χ3v) is 4.19. The van der Waals surface area contributed by atoms with Gasteiger partial charge in [-0.2, -0.15) is 0 Å². The Hall–Kier alpha value is -0.0800. The summed E-state index contributed by atoms with van der Waals surface area (Å²) in [6, 6.07) is 0. The molecule has 1 heterocycles. The molecule has 1 saturated heterocycles. The second-order valence-electron chi connectivity index (χ2n) is 5.10. The largest absolute Gasteiger partial charge is 0.352 e. The van der Waals surface area contributed by atoms with Crippen molar-refractivity contribution in [2.45, 2.75) is 52.2 Å². The molecule has 0 bridgehead atoms. The molecule has 1 aliphatic carbocycles. The van der Waals surface area contributed by atoms with Gasteiger partial charge in [-0.1, -0.05) is 26.7 Å². The van der Waals surface area contributed by atoms with Crippen molar-refractivity contribution in [3.63, 3.8) is 0 Å². The van der Waals surface area contributed by atoms with Gasteiger partial charge in [0.2, 0.25) is 0 Å². The van der Waals surface area contributed by atoms with Gasteiger partial charge in [0.1, 0.15) is 0 Å². The molecule has 1 saturated carbocycles. The molecule has 0 aromatic carbocycles. The molecular weight excluding hydrogens is 188 g/mol. The summed E-state index contributed by atoms with van der Waals surface area (Å²) in [5, 5.41) is 0. The lowest BCUT2D eigenvalue weighted by Gasteiger charge is -2.28. The van der Waals surface area contributed by atoms with E-state index in [1.165, 1.54) is 25.7 Å². The predicted molar refractivity (Wildman–Crippen MR) is 60.6 cm³/mol. The molecule has 2 fully saturated rings. The van der Waals surface area contributed by atoms with Crippen LogP contribution in [0.15, 0.2) is 0 Å². The van der Waals surface area contributed by atoms with Crippen molar-refractivity contribution in [3.05, 3.63) is 0 Å². The molecule has 4 unspecified atom stereocenters. The monoisotopic (exact) mass is 212 g/mol. The molecule has 2 heteroatoms. The van der Waals surface area contributed by atoms with Gasteiger partial charge in [0.05, 0.1) is 13.2 Å². The van der Waals surface area contributed by atoms with Crippen molar-refractivity contribution in [2.75, 3.05) is 13.2 Å². The average molecular weight is 212 g/mol. The Morgan fingerprint density at radius 1 is 1.13 bits per heavy atom. The van der Waals surface area contributed by atoms with Crippen LogP contribution in [0.3, 0.4) is 0 Å². The summed E-state index contributed by atoms with van der Waals surface area (Å²) in [6.45, 7) is 6.45. The van der Waals surface area contributed by atoms with Crippen LogP contribution in [0, 0.1) is 17.8 Å². The Labute approximate surface area is 93.3 Å². The molecule has 2 nitrogen and oxygen atoms in total. The van der Waals surface area contributed by atoms with Gasteiger partial charge in [-0.25, -0.2) is 0 Å². The lowest BCUT2D eigenvalue weighted by Crippen LogP contribution is -2.31. The molecule has 2 rings (SSSR count). The molecule has 4 atom stereocenters. The predicted octanol–water partition coefficient (Wildman–Crippen LogP) is 3.21. The van der Waals surface area contributed by atoms with Gasteiger partial charge in [0, 0.05) is 6.42 Å². The van der Waals surface area contributed by atoms with Crippen molar-refractivity contribution < 1.29 is 9.47 Å². The molecule has 0 spiro atoms. The molecule has 2 aliphatic rings. The van der Waals surface area contributed by atoms with Crippen LogP contribution in [0.5, 0.6) is 0 Å². The van der Waals surface area contributed by atoms with Crippen LogP contribution in [0.25, 0.3) is 0 Å². The standard InChI is InChI=1S/C13H24O2/c1-3-10-7-11(4-2)12(8-10)9-15-13-5-6-14-13/h10-13H,3-9H2,1-2H3. The average Bonchev–Trinajstić information content (AvgIpc) is 2.58. The van der Waals surface area contributed by atoms with Crippen molar-refractivity contribution in [1.82, 2.24) is 0 Å². The highest BCUT2D eigenvalue weighted by Gasteiger charge is 2.33. The summed E-state index contributed by atoms with van der Waals surface area (Å²) in [6.07, 6.45) is 6.68. The fraction of sp³-hybridized carbons (Fsp3) is 1.00. The maximum absolute atomic E-state index is 5.76. The van der Waals surface area contributed by atoms with E-state index in [9.17, 15) is 0 Å². The first-order valence-corrected chi connectivity index (χ1v) is 6.56. The highest BCUT2D eigenvalue weighted by atomic mass is 16.7. The number of hydrogen-bond donors (Lipinski definition) is 0. The third kappa shape index (κ3) is 2.73. The number of ether oxygens (including phenoxy) is 2. The van der Waals surface area contributed by atoms with E-state index < -0.39 is 0 Å². The molecule has 0 N–H and O–H groups in total. The van der Waals surface area contributed by atoms with Crippen LogP contribution in [0.1, 0.15) is 46.0 Å². The van der Waals surface area contributed by atoms with Crippen molar-refractivity contribution in [2.24, 2.45) is 17.8 Å². The van der Waals surface area contributed by atoms with Crippen LogP contribution in [0.2, 0.25) is 0 Å². The minimum absolute atomic E-state index is 0.128. The second-order valence-corrected chi connectivity index (χ2v) is 5.10. The van der Waals surface area contributed by atoms with Crippen molar-refractivity contribution in [1.29, 1.82) is 0 Å². The second kappa shape index (κ2) is 5.31. The van der Waals surface area contributed by atoms with Crippen LogP contribution in [-0.4, -0.2) is 19.5 Å². The van der Waals surface area contributed by atoms with Gasteiger partial charge in [-0.05, 0) is 30.6 Å².